The Kier molecular flexibility index (Phi) is 7.28. The smallest absolute Gasteiger partial charge is 0.0855 e. The molecule has 2 aliphatic heterocycles. The molecule has 4 nitrogen and oxygen atoms in total. The van der Waals surface area contributed by atoms with Crippen molar-refractivity contribution in [3.63, 3.8) is 0 Å². The Morgan fingerprint density at radius 1 is 1.20 bits per heavy atom. The first-order valence-corrected chi connectivity index (χ1v) is 8.48. The van der Waals surface area contributed by atoms with Crippen LogP contribution in [0.2, 0.25) is 0 Å². The van der Waals surface area contributed by atoms with Gasteiger partial charge in [0.15, 0.2) is 0 Å². The van der Waals surface area contributed by atoms with Gasteiger partial charge in [0.1, 0.15) is 0 Å². The normalized spacial score (nSPS) is 27.6. The molecule has 118 valence electrons. The van der Waals surface area contributed by atoms with Crippen molar-refractivity contribution in [2.45, 2.75) is 51.7 Å². The fourth-order valence-corrected chi connectivity index (χ4v) is 3.46. The molecular weight excluding hydrogens is 252 g/mol. The molecule has 2 saturated heterocycles. The summed E-state index contributed by atoms with van der Waals surface area (Å²) in [5.41, 5.74) is 0. The van der Waals surface area contributed by atoms with Gasteiger partial charge in [0, 0.05) is 32.3 Å². The summed E-state index contributed by atoms with van der Waals surface area (Å²) < 4.78 is 11.6. The lowest BCUT2D eigenvalue weighted by molar-refractivity contribution is -0.0527. The van der Waals surface area contributed by atoms with Gasteiger partial charge >= 0.3 is 0 Å². The Hall–Kier alpha value is -0.160. The number of nitrogens with one attached hydrogen (secondary N) is 1. The maximum Gasteiger partial charge on any atom is 0.0855 e. The van der Waals surface area contributed by atoms with Gasteiger partial charge in [-0.3, -0.25) is 4.90 Å². The molecule has 2 atom stereocenters. The van der Waals surface area contributed by atoms with Crippen LogP contribution in [0.5, 0.6) is 0 Å². The molecule has 0 amide bonds. The minimum absolute atomic E-state index is 0.359. The molecule has 2 aliphatic rings. The minimum Gasteiger partial charge on any atom is -0.381 e. The summed E-state index contributed by atoms with van der Waals surface area (Å²) in [5, 5.41) is 3.67. The van der Waals surface area contributed by atoms with Gasteiger partial charge in [-0.25, -0.2) is 0 Å². The van der Waals surface area contributed by atoms with E-state index in [2.05, 4.69) is 24.1 Å². The van der Waals surface area contributed by atoms with Crippen molar-refractivity contribution < 1.29 is 9.47 Å². The van der Waals surface area contributed by atoms with Crippen molar-refractivity contribution in [2.24, 2.45) is 5.92 Å². The summed E-state index contributed by atoms with van der Waals surface area (Å²) in [6, 6.07) is 0.503. The van der Waals surface area contributed by atoms with E-state index in [1.807, 2.05) is 0 Å². The lowest BCUT2D eigenvalue weighted by Crippen LogP contribution is -2.53. The molecule has 20 heavy (non-hydrogen) atoms. The quantitative estimate of drug-likeness (QED) is 0.774. The van der Waals surface area contributed by atoms with Crippen molar-refractivity contribution in [3.05, 3.63) is 0 Å². The van der Waals surface area contributed by atoms with Crippen molar-refractivity contribution in [1.82, 2.24) is 10.2 Å². The average molecular weight is 284 g/mol. The van der Waals surface area contributed by atoms with Crippen LogP contribution < -0.4 is 5.32 Å². The first-order chi connectivity index (χ1) is 9.83. The van der Waals surface area contributed by atoms with E-state index >= 15 is 0 Å². The van der Waals surface area contributed by atoms with Crippen molar-refractivity contribution in [3.8, 4) is 0 Å². The van der Waals surface area contributed by atoms with Crippen molar-refractivity contribution >= 4 is 0 Å². The summed E-state index contributed by atoms with van der Waals surface area (Å²) in [7, 11) is 0. The zero-order valence-corrected chi connectivity index (χ0v) is 13.3. The van der Waals surface area contributed by atoms with E-state index < -0.39 is 0 Å². The number of morpholine rings is 1. The summed E-state index contributed by atoms with van der Waals surface area (Å²) in [5.74, 6) is 0.804. The van der Waals surface area contributed by atoms with Gasteiger partial charge in [-0.1, -0.05) is 13.8 Å². The van der Waals surface area contributed by atoms with E-state index in [0.717, 1.165) is 45.4 Å². The van der Waals surface area contributed by atoms with Crippen LogP contribution in [0.15, 0.2) is 0 Å². The lowest BCUT2D eigenvalue weighted by Gasteiger charge is -2.38. The highest BCUT2D eigenvalue weighted by molar-refractivity contribution is 4.85. The number of ether oxygens (including phenoxy) is 2. The molecule has 2 unspecified atom stereocenters. The van der Waals surface area contributed by atoms with Crippen LogP contribution in [0.1, 0.15) is 39.5 Å². The molecule has 0 bridgehead atoms. The maximum absolute atomic E-state index is 6.08. The molecule has 0 aromatic carbocycles. The molecule has 0 aromatic rings. The van der Waals surface area contributed by atoms with Crippen LogP contribution >= 0.6 is 0 Å². The molecule has 2 fully saturated rings. The molecule has 0 aliphatic carbocycles. The molecule has 0 saturated carbocycles. The van der Waals surface area contributed by atoms with Crippen LogP contribution in [0.3, 0.4) is 0 Å². The summed E-state index contributed by atoms with van der Waals surface area (Å²) in [4.78, 5) is 2.56. The molecule has 0 radical (unpaired) electrons. The van der Waals surface area contributed by atoms with Gasteiger partial charge in [0.2, 0.25) is 0 Å². The third-order valence-corrected chi connectivity index (χ3v) is 4.56. The fourth-order valence-electron chi connectivity index (χ4n) is 3.46. The number of hydrogen-bond acceptors (Lipinski definition) is 4. The zero-order chi connectivity index (χ0) is 14.2. The van der Waals surface area contributed by atoms with Crippen molar-refractivity contribution in [1.29, 1.82) is 0 Å². The lowest BCUT2D eigenvalue weighted by atomic mass is 9.89. The molecule has 0 spiro atoms. The monoisotopic (exact) mass is 284 g/mol. The van der Waals surface area contributed by atoms with Crippen LogP contribution in [0.25, 0.3) is 0 Å². The summed E-state index contributed by atoms with van der Waals surface area (Å²) >= 11 is 0. The molecule has 4 heteroatoms. The molecular formula is C16H32N2O2. The second kappa shape index (κ2) is 8.98. The topological polar surface area (TPSA) is 33.7 Å². The van der Waals surface area contributed by atoms with Gasteiger partial charge in [-0.05, 0) is 44.7 Å². The minimum atomic E-state index is 0.359. The Bertz CT molecular complexity index is 255. The molecule has 2 rings (SSSR count). The predicted molar refractivity (Wildman–Crippen MR) is 82.1 cm³/mol. The van der Waals surface area contributed by atoms with E-state index in [1.165, 1.54) is 32.2 Å². The summed E-state index contributed by atoms with van der Waals surface area (Å²) in [6.45, 7) is 11.7. The third-order valence-electron chi connectivity index (χ3n) is 4.56. The first kappa shape index (κ1) is 16.2. The Balaban J connectivity index is 1.85. The standard InChI is InChI=1S/C16H32N2O2/c1-3-7-18-8-11-20-16(13-18)15(17-4-2)12-14-5-9-19-10-6-14/h14-17H,3-13H2,1-2H3. The van der Waals surface area contributed by atoms with Gasteiger partial charge in [0.25, 0.3) is 0 Å². The highest BCUT2D eigenvalue weighted by Gasteiger charge is 2.29. The fraction of sp³-hybridized carbons (Fsp3) is 1.00. The van der Waals surface area contributed by atoms with E-state index in [9.17, 15) is 0 Å². The van der Waals surface area contributed by atoms with Crippen molar-refractivity contribution in [2.75, 3.05) is 46.0 Å². The van der Waals surface area contributed by atoms with E-state index in [0.29, 0.717) is 12.1 Å². The second-order valence-electron chi connectivity index (χ2n) is 6.17. The SMILES string of the molecule is CCCN1CCOC(C(CC2CCOCC2)NCC)C1. The van der Waals surface area contributed by atoms with Gasteiger partial charge in [-0.2, -0.15) is 0 Å². The Morgan fingerprint density at radius 2 is 2.00 bits per heavy atom. The third kappa shape index (κ3) is 4.99. The van der Waals surface area contributed by atoms with E-state index in [1.54, 1.807) is 0 Å². The largest absolute Gasteiger partial charge is 0.381 e. The Morgan fingerprint density at radius 3 is 2.70 bits per heavy atom. The zero-order valence-electron chi connectivity index (χ0n) is 13.3. The van der Waals surface area contributed by atoms with Crippen LogP contribution in [-0.4, -0.2) is 63.0 Å². The van der Waals surface area contributed by atoms with Crippen LogP contribution in [-0.2, 0) is 9.47 Å². The summed E-state index contributed by atoms with van der Waals surface area (Å²) in [6.07, 6.45) is 5.26. The van der Waals surface area contributed by atoms with Crippen LogP contribution in [0.4, 0.5) is 0 Å². The predicted octanol–water partition coefficient (Wildman–Crippen LogP) is 1.89. The molecule has 2 heterocycles. The highest BCUT2D eigenvalue weighted by Crippen LogP contribution is 2.23. The first-order valence-electron chi connectivity index (χ1n) is 8.48. The van der Waals surface area contributed by atoms with Gasteiger partial charge < -0.3 is 14.8 Å². The number of rotatable bonds is 7. The highest BCUT2D eigenvalue weighted by atomic mass is 16.5. The molecule has 0 aromatic heterocycles. The van der Waals surface area contributed by atoms with E-state index in [4.69, 9.17) is 9.47 Å². The molecule has 1 N–H and O–H groups in total. The van der Waals surface area contributed by atoms with Gasteiger partial charge in [0.05, 0.1) is 12.7 Å². The average Bonchev–Trinajstić information content (AvgIpc) is 2.49. The number of hydrogen-bond donors (Lipinski definition) is 1. The van der Waals surface area contributed by atoms with Gasteiger partial charge in [-0.15, -0.1) is 0 Å². The van der Waals surface area contributed by atoms with E-state index in [-0.39, 0.29) is 0 Å². The number of likely N-dealkylation sites (N-methyl/N-ethyl adjacent to an activating group) is 1. The number of nitrogens with zero attached hydrogens (tertiary/aromatic N) is 1. The second-order valence-corrected chi connectivity index (χ2v) is 6.17. The maximum atomic E-state index is 6.08. The van der Waals surface area contributed by atoms with Crippen LogP contribution in [0, 0.1) is 5.92 Å². The Labute approximate surface area is 124 Å².